The van der Waals surface area contributed by atoms with Crippen molar-refractivity contribution in [2.75, 3.05) is 5.32 Å². The molecule has 0 aliphatic heterocycles. The fourth-order valence-electron chi connectivity index (χ4n) is 1.55. The molecule has 1 rings (SSSR count). The zero-order valence-corrected chi connectivity index (χ0v) is 11.5. The first kappa shape index (κ1) is 12.9. The van der Waals surface area contributed by atoms with Crippen molar-refractivity contribution in [3.63, 3.8) is 0 Å². The summed E-state index contributed by atoms with van der Waals surface area (Å²) in [5.41, 5.74) is 1.02. The average Bonchev–Trinajstić information content (AvgIpc) is 2.22. The number of benzene rings is 1. The van der Waals surface area contributed by atoms with Crippen LogP contribution in [0.3, 0.4) is 0 Å². The predicted molar refractivity (Wildman–Crippen MR) is 71.8 cm³/mol. The Morgan fingerprint density at radius 1 is 1.40 bits per heavy atom. The molecule has 0 saturated carbocycles. The van der Waals surface area contributed by atoms with Crippen molar-refractivity contribution < 1.29 is 0 Å². The van der Waals surface area contributed by atoms with E-state index in [1.165, 1.54) is 12.8 Å². The van der Waals surface area contributed by atoms with E-state index in [-0.39, 0.29) is 0 Å². The molecule has 0 aliphatic rings. The topological polar surface area (TPSA) is 12.0 Å². The summed E-state index contributed by atoms with van der Waals surface area (Å²) >= 11 is 9.56. The number of hydrogen-bond acceptors (Lipinski definition) is 1. The molecule has 1 unspecified atom stereocenters. The Hall–Kier alpha value is -0.210. The summed E-state index contributed by atoms with van der Waals surface area (Å²) in [5.74, 6) is 0. The van der Waals surface area contributed by atoms with E-state index in [2.05, 4.69) is 35.1 Å². The third kappa shape index (κ3) is 4.04. The standard InChI is InChI=1S/C12H17BrClN/c1-3-5-10(4-2)15-12-8-9(13)6-7-11(12)14/h6-8,10,15H,3-5H2,1-2H3. The number of hydrogen-bond donors (Lipinski definition) is 1. The number of anilines is 1. The molecule has 1 aromatic carbocycles. The summed E-state index contributed by atoms with van der Waals surface area (Å²) in [5, 5.41) is 4.26. The number of halogens is 2. The number of nitrogens with one attached hydrogen (secondary N) is 1. The SMILES string of the molecule is CCCC(CC)Nc1cc(Br)ccc1Cl. The van der Waals surface area contributed by atoms with Crippen LogP contribution in [0.5, 0.6) is 0 Å². The molecule has 0 spiro atoms. The first-order valence-corrected chi connectivity index (χ1v) is 6.56. The van der Waals surface area contributed by atoms with Crippen molar-refractivity contribution in [3.05, 3.63) is 27.7 Å². The molecular formula is C12H17BrClN. The van der Waals surface area contributed by atoms with Gasteiger partial charge < -0.3 is 5.32 Å². The van der Waals surface area contributed by atoms with Gasteiger partial charge in [0.2, 0.25) is 0 Å². The lowest BCUT2D eigenvalue weighted by Gasteiger charge is -2.18. The lowest BCUT2D eigenvalue weighted by atomic mass is 10.1. The Bertz CT molecular complexity index is 314. The van der Waals surface area contributed by atoms with E-state index >= 15 is 0 Å². The molecule has 0 radical (unpaired) electrons. The van der Waals surface area contributed by atoms with Crippen LogP contribution in [-0.2, 0) is 0 Å². The van der Waals surface area contributed by atoms with Gasteiger partial charge in [0.25, 0.3) is 0 Å². The van der Waals surface area contributed by atoms with E-state index in [1.807, 2.05) is 18.2 Å². The van der Waals surface area contributed by atoms with Gasteiger partial charge in [0.1, 0.15) is 0 Å². The van der Waals surface area contributed by atoms with Crippen molar-refractivity contribution in [2.45, 2.75) is 39.2 Å². The second-order valence-corrected chi connectivity index (χ2v) is 4.99. The Labute approximate surface area is 105 Å². The van der Waals surface area contributed by atoms with Crippen molar-refractivity contribution in [1.29, 1.82) is 0 Å². The molecule has 0 aromatic heterocycles. The monoisotopic (exact) mass is 289 g/mol. The summed E-state index contributed by atoms with van der Waals surface area (Å²) in [6.45, 7) is 4.39. The lowest BCUT2D eigenvalue weighted by molar-refractivity contribution is 0.623. The van der Waals surface area contributed by atoms with Gasteiger partial charge in [-0.15, -0.1) is 0 Å². The molecule has 0 heterocycles. The molecule has 0 amide bonds. The summed E-state index contributed by atoms with van der Waals surface area (Å²) in [4.78, 5) is 0. The summed E-state index contributed by atoms with van der Waals surface area (Å²) in [7, 11) is 0. The normalized spacial score (nSPS) is 12.5. The van der Waals surface area contributed by atoms with Crippen LogP contribution in [-0.4, -0.2) is 6.04 Å². The highest BCUT2D eigenvalue weighted by Gasteiger charge is 2.07. The predicted octanol–water partition coefficient (Wildman–Crippen LogP) is 5.09. The maximum atomic E-state index is 6.11. The van der Waals surface area contributed by atoms with Crippen molar-refractivity contribution in [1.82, 2.24) is 0 Å². The van der Waals surface area contributed by atoms with E-state index in [9.17, 15) is 0 Å². The van der Waals surface area contributed by atoms with Crippen LogP contribution < -0.4 is 5.32 Å². The van der Waals surface area contributed by atoms with Gasteiger partial charge >= 0.3 is 0 Å². The van der Waals surface area contributed by atoms with Crippen molar-refractivity contribution in [2.24, 2.45) is 0 Å². The lowest BCUT2D eigenvalue weighted by Crippen LogP contribution is -2.18. The second kappa shape index (κ2) is 6.39. The van der Waals surface area contributed by atoms with Crippen LogP contribution in [0, 0.1) is 0 Å². The second-order valence-electron chi connectivity index (χ2n) is 3.66. The molecule has 84 valence electrons. The van der Waals surface area contributed by atoms with Crippen LogP contribution in [0.2, 0.25) is 5.02 Å². The van der Waals surface area contributed by atoms with Crippen molar-refractivity contribution >= 4 is 33.2 Å². The Balaban J connectivity index is 2.73. The minimum Gasteiger partial charge on any atom is -0.381 e. The smallest absolute Gasteiger partial charge is 0.0638 e. The highest BCUT2D eigenvalue weighted by Crippen LogP contribution is 2.27. The Kier molecular flexibility index (Phi) is 5.48. The third-order valence-corrected chi connectivity index (χ3v) is 3.24. The van der Waals surface area contributed by atoms with Crippen molar-refractivity contribution in [3.8, 4) is 0 Å². The summed E-state index contributed by atoms with van der Waals surface area (Å²) in [6, 6.07) is 6.41. The Morgan fingerprint density at radius 2 is 2.13 bits per heavy atom. The van der Waals surface area contributed by atoms with Gasteiger partial charge in [-0.3, -0.25) is 0 Å². The highest BCUT2D eigenvalue weighted by atomic mass is 79.9. The molecule has 1 nitrogen and oxygen atoms in total. The van der Waals surface area contributed by atoms with E-state index < -0.39 is 0 Å². The maximum Gasteiger partial charge on any atom is 0.0638 e. The zero-order chi connectivity index (χ0) is 11.3. The quantitative estimate of drug-likeness (QED) is 0.796. The summed E-state index contributed by atoms with van der Waals surface area (Å²) < 4.78 is 1.06. The molecule has 0 aliphatic carbocycles. The maximum absolute atomic E-state index is 6.11. The van der Waals surface area contributed by atoms with E-state index in [0.717, 1.165) is 21.6 Å². The molecule has 1 aromatic rings. The van der Waals surface area contributed by atoms with Gasteiger partial charge in [-0.25, -0.2) is 0 Å². The van der Waals surface area contributed by atoms with Gasteiger partial charge in [0.15, 0.2) is 0 Å². The minimum atomic E-state index is 0.516. The fraction of sp³-hybridized carbons (Fsp3) is 0.500. The van der Waals surface area contributed by atoms with Gasteiger partial charge in [0.05, 0.1) is 10.7 Å². The zero-order valence-electron chi connectivity index (χ0n) is 9.19. The number of rotatable bonds is 5. The van der Waals surface area contributed by atoms with E-state index in [0.29, 0.717) is 6.04 Å². The average molecular weight is 291 g/mol. The first-order chi connectivity index (χ1) is 7.17. The van der Waals surface area contributed by atoms with Crippen LogP contribution in [0.4, 0.5) is 5.69 Å². The van der Waals surface area contributed by atoms with Crippen LogP contribution >= 0.6 is 27.5 Å². The first-order valence-electron chi connectivity index (χ1n) is 5.39. The highest BCUT2D eigenvalue weighted by molar-refractivity contribution is 9.10. The van der Waals surface area contributed by atoms with Gasteiger partial charge in [-0.2, -0.15) is 0 Å². The molecule has 0 saturated heterocycles. The van der Waals surface area contributed by atoms with E-state index in [1.54, 1.807) is 0 Å². The van der Waals surface area contributed by atoms with Gasteiger partial charge in [-0.05, 0) is 31.0 Å². The van der Waals surface area contributed by atoms with Crippen LogP contribution in [0.1, 0.15) is 33.1 Å². The molecule has 15 heavy (non-hydrogen) atoms. The molecular weight excluding hydrogens is 273 g/mol. The van der Waals surface area contributed by atoms with Crippen LogP contribution in [0.25, 0.3) is 0 Å². The molecule has 0 fully saturated rings. The van der Waals surface area contributed by atoms with E-state index in [4.69, 9.17) is 11.6 Å². The molecule has 0 bridgehead atoms. The molecule has 1 atom stereocenters. The molecule has 1 N–H and O–H groups in total. The van der Waals surface area contributed by atoms with Gasteiger partial charge in [0, 0.05) is 10.5 Å². The largest absolute Gasteiger partial charge is 0.381 e. The van der Waals surface area contributed by atoms with Crippen LogP contribution in [0.15, 0.2) is 22.7 Å². The van der Waals surface area contributed by atoms with Gasteiger partial charge in [-0.1, -0.05) is 47.8 Å². The fourth-order valence-corrected chi connectivity index (χ4v) is 2.09. The Morgan fingerprint density at radius 3 is 2.73 bits per heavy atom. The minimum absolute atomic E-state index is 0.516. The third-order valence-electron chi connectivity index (χ3n) is 2.42. The molecule has 3 heteroatoms. The summed E-state index contributed by atoms with van der Waals surface area (Å²) in [6.07, 6.45) is 3.49.